The Balaban J connectivity index is 1.60. The molecule has 6 nitrogen and oxygen atoms in total. The maximum atomic E-state index is 13.4. The Labute approximate surface area is 174 Å². The van der Waals surface area contributed by atoms with Gasteiger partial charge in [0, 0.05) is 29.0 Å². The van der Waals surface area contributed by atoms with Gasteiger partial charge in [-0.25, -0.2) is 8.42 Å². The molecule has 1 aliphatic heterocycles. The lowest BCUT2D eigenvalue weighted by atomic mass is 9.99. The first-order valence-electron chi connectivity index (χ1n) is 9.51. The van der Waals surface area contributed by atoms with Crippen LogP contribution in [0, 0.1) is 5.92 Å². The van der Waals surface area contributed by atoms with Crippen molar-refractivity contribution in [3.63, 3.8) is 0 Å². The molecule has 2 aromatic carbocycles. The normalized spacial score (nSPS) is 17.8. The van der Waals surface area contributed by atoms with Crippen LogP contribution >= 0.6 is 11.6 Å². The van der Waals surface area contributed by atoms with Crippen molar-refractivity contribution in [3.05, 3.63) is 64.8 Å². The Morgan fingerprint density at radius 2 is 1.97 bits per heavy atom. The second kappa shape index (κ2) is 7.82. The molecule has 0 spiro atoms. The minimum Gasteiger partial charge on any atom is -0.364 e. The lowest BCUT2D eigenvalue weighted by molar-refractivity contribution is 0.0993. The summed E-state index contributed by atoms with van der Waals surface area (Å²) in [6.07, 6.45) is 2.62. The van der Waals surface area contributed by atoms with E-state index in [1.165, 1.54) is 9.87 Å². The number of carbonyl (C=O) groups is 1. The number of sulfonamides is 1. The number of benzene rings is 2. The summed E-state index contributed by atoms with van der Waals surface area (Å²) in [5.41, 5.74) is 7.13. The molecule has 2 heterocycles. The van der Waals surface area contributed by atoms with Gasteiger partial charge in [-0.2, -0.15) is 4.31 Å². The number of aromatic nitrogens is 1. The van der Waals surface area contributed by atoms with Crippen LogP contribution < -0.4 is 5.73 Å². The van der Waals surface area contributed by atoms with Crippen molar-refractivity contribution in [1.29, 1.82) is 0 Å². The van der Waals surface area contributed by atoms with Gasteiger partial charge in [0.05, 0.1) is 0 Å². The molecule has 0 aliphatic carbocycles. The number of rotatable bonds is 6. The fraction of sp³-hybridized carbons (Fsp3) is 0.286. The molecule has 1 atom stereocenters. The summed E-state index contributed by atoms with van der Waals surface area (Å²) >= 11 is 6.07. The van der Waals surface area contributed by atoms with E-state index in [2.05, 4.69) is 17.1 Å². The number of H-pyrrole nitrogens is 1. The maximum absolute atomic E-state index is 13.4. The minimum atomic E-state index is -3.89. The molecule has 1 unspecified atom stereocenters. The van der Waals surface area contributed by atoms with E-state index in [-0.39, 0.29) is 16.5 Å². The summed E-state index contributed by atoms with van der Waals surface area (Å²) in [7, 11) is -3.89. The molecule has 0 bridgehead atoms. The molecule has 4 rings (SSSR count). The van der Waals surface area contributed by atoms with Gasteiger partial charge >= 0.3 is 0 Å². The van der Waals surface area contributed by atoms with E-state index in [9.17, 15) is 13.2 Å². The average molecular weight is 432 g/mol. The number of nitrogens with two attached hydrogens (primary N) is 1. The first-order valence-corrected chi connectivity index (χ1v) is 11.3. The van der Waals surface area contributed by atoms with E-state index in [0.29, 0.717) is 29.0 Å². The fourth-order valence-corrected chi connectivity index (χ4v) is 6.02. The lowest BCUT2D eigenvalue weighted by Gasteiger charge is -2.17. The van der Waals surface area contributed by atoms with Gasteiger partial charge in [-0.15, -0.1) is 0 Å². The van der Waals surface area contributed by atoms with E-state index in [1.807, 2.05) is 18.2 Å². The first-order chi connectivity index (χ1) is 13.9. The van der Waals surface area contributed by atoms with Crippen LogP contribution in [0.1, 0.15) is 28.9 Å². The Bertz CT molecular complexity index is 1160. The number of halogens is 1. The molecule has 8 heteroatoms. The summed E-state index contributed by atoms with van der Waals surface area (Å²) < 4.78 is 28.3. The van der Waals surface area contributed by atoms with Gasteiger partial charge in [0.15, 0.2) is 0 Å². The van der Waals surface area contributed by atoms with Gasteiger partial charge in [0.1, 0.15) is 10.6 Å². The Kier molecular flexibility index (Phi) is 5.38. The van der Waals surface area contributed by atoms with Crippen LogP contribution in [0.4, 0.5) is 0 Å². The molecule has 1 saturated heterocycles. The van der Waals surface area contributed by atoms with E-state index in [1.54, 1.807) is 18.2 Å². The number of fused-ring (bicyclic) bond motifs is 1. The lowest BCUT2D eigenvalue weighted by Crippen LogP contribution is -2.30. The molecule has 1 aromatic heterocycles. The van der Waals surface area contributed by atoms with Gasteiger partial charge in [-0.1, -0.05) is 41.9 Å². The van der Waals surface area contributed by atoms with Crippen molar-refractivity contribution >= 4 is 38.4 Å². The third-order valence-electron chi connectivity index (χ3n) is 5.49. The number of nitrogens with one attached hydrogen (secondary N) is 1. The van der Waals surface area contributed by atoms with Crippen LogP contribution in [0.2, 0.25) is 5.02 Å². The zero-order valence-corrected chi connectivity index (χ0v) is 17.3. The van der Waals surface area contributed by atoms with Gasteiger partial charge in [0.2, 0.25) is 10.0 Å². The van der Waals surface area contributed by atoms with Crippen LogP contribution in [0.25, 0.3) is 10.9 Å². The zero-order valence-electron chi connectivity index (χ0n) is 15.8. The molecule has 1 fully saturated rings. The highest BCUT2D eigenvalue weighted by molar-refractivity contribution is 7.89. The smallest absolute Gasteiger partial charge is 0.266 e. The minimum absolute atomic E-state index is 0.0776. The predicted molar refractivity (Wildman–Crippen MR) is 113 cm³/mol. The second-order valence-corrected chi connectivity index (χ2v) is 9.74. The first kappa shape index (κ1) is 19.9. The third-order valence-corrected chi connectivity index (χ3v) is 7.68. The molecule has 0 radical (unpaired) electrons. The number of primary amides is 1. The quantitative estimate of drug-likeness (QED) is 0.624. The van der Waals surface area contributed by atoms with Crippen LogP contribution in [0.3, 0.4) is 0 Å². The SMILES string of the molecule is NC(=O)c1[nH]c2ccc(Cl)cc2c1S(=O)(=O)N1CCC(CCc2ccccc2)C1. The highest BCUT2D eigenvalue weighted by Crippen LogP contribution is 2.34. The summed E-state index contributed by atoms with van der Waals surface area (Å²) in [5, 5.41) is 0.783. The van der Waals surface area contributed by atoms with Crippen LogP contribution in [-0.2, 0) is 16.4 Å². The van der Waals surface area contributed by atoms with E-state index in [0.717, 1.165) is 19.3 Å². The van der Waals surface area contributed by atoms with Crippen molar-refractivity contribution in [1.82, 2.24) is 9.29 Å². The molecule has 0 saturated carbocycles. The molecule has 29 heavy (non-hydrogen) atoms. The van der Waals surface area contributed by atoms with Crippen LogP contribution in [-0.4, -0.2) is 36.7 Å². The molecule has 1 aliphatic rings. The van der Waals surface area contributed by atoms with E-state index in [4.69, 9.17) is 17.3 Å². The van der Waals surface area contributed by atoms with Crippen molar-refractivity contribution in [2.45, 2.75) is 24.2 Å². The van der Waals surface area contributed by atoms with Gasteiger partial charge in [-0.3, -0.25) is 4.79 Å². The van der Waals surface area contributed by atoms with Crippen molar-refractivity contribution in [2.24, 2.45) is 11.7 Å². The van der Waals surface area contributed by atoms with Crippen LogP contribution in [0.5, 0.6) is 0 Å². The van der Waals surface area contributed by atoms with Crippen molar-refractivity contribution in [3.8, 4) is 0 Å². The highest BCUT2D eigenvalue weighted by Gasteiger charge is 2.36. The van der Waals surface area contributed by atoms with Gasteiger partial charge < -0.3 is 10.7 Å². The molecular formula is C21H22ClN3O3S. The highest BCUT2D eigenvalue weighted by atomic mass is 35.5. The number of carbonyl (C=O) groups excluding carboxylic acids is 1. The monoisotopic (exact) mass is 431 g/mol. The molecule has 152 valence electrons. The summed E-state index contributed by atoms with van der Waals surface area (Å²) in [6.45, 7) is 0.855. The maximum Gasteiger partial charge on any atom is 0.266 e. The largest absolute Gasteiger partial charge is 0.364 e. The molecule has 3 N–H and O–H groups in total. The summed E-state index contributed by atoms with van der Waals surface area (Å²) in [4.78, 5) is 14.7. The van der Waals surface area contributed by atoms with E-state index >= 15 is 0 Å². The third kappa shape index (κ3) is 3.90. The van der Waals surface area contributed by atoms with Crippen LogP contribution in [0.15, 0.2) is 53.4 Å². The molecule has 3 aromatic rings. The van der Waals surface area contributed by atoms with Gasteiger partial charge in [0.25, 0.3) is 5.91 Å². The Hall–Kier alpha value is -2.35. The number of aryl methyl sites for hydroxylation is 1. The number of aromatic amines is 1. The second-order valence-electron chi connectivity index (χ2n) is 7.43. The average Bonchev–Trinajstić information content (AvgIpc) is 3.32. The summed E-state index contributed by atoms with van der Waals surface area (Å²) in [5.74, 6) is -0.536. The standard InChI is InChI=1S/C21H22ClN3O3S/c22-16-8-9-18-17(12-16)20(19(24-18)21(23)26)29(27,28)25-11-10-15(13-25)7-6-14-4-2-1-3-5-14/h1-5,8-9,12,15,24H,6-7,10-11,13H2,(H2,23,26). The molecule has 1 amide bonds. The summed E-state index contributed by atoms with van der Waals surface area (Å²) in [6, 6.07) is 15.0. The van der Waals surface area contributed by atoms with Crippen molar-refractivity contribution in [2.75, 3.05) is 13.1 Å². The number of nitrogens with zero attached hydrogens (tertiary/aromatic N) is 1. The van der Waals surface area contributed by atoms with Crippen molar-refractivity contribution < 1.29 is 13.2 Å². The predicted octanol–water partition coefficient (Wildman–Crippen LogP) is 3.56. The number of hydrogen-bond acceptors (Lipinski definition) is 3. The number of amides is 1. The fourth-order valence-electron chi connectivity index (χ4n) is 3.98. The zero-order chi connectivity index (χ0) is 20.6. The topological polar surface area (TPSA) is 96.3 Å². The molecular weight excluding hydrogens is 410 g/mol. The van der Waals surface area contributed by atoms with E-state index < -0.39 is 15.9 Å². The Morgan fingerprint density at radius 1 is 1.21 bits per heavy atom. The van der Waals surface area contributed by atoms with Gasteiger partial charge in [-0.05, 0) is 48.9 Å². The number of hydrogen-bond donors (Lipinski definition) is 2. The Morgan fingerprint density at radius 3 is 2.69 bits per heavy atom.